The van der Waals surface area contributed by atoms with Crippen molar-refractivity contribution in [3.63, 3.8) is 0 Å². The van der Waals surface area contributed by atoms with E-state index in [1.807, 2.05) is 0 Å². The average Bonchev–Trinajstić information content (AvgIpc) is 3.06. The van der Waals surface area contributed by atoms with E-state index in [-0.39, 0.29) is 35.6 Å². The fraction of sp³-hybridized carbons (Fsp3) is 0.357. The summed E-state index contributed by atoms with van der Waals surface area (Å²) in [4.78, 5) is 18.1. The van der Waals surface area contributed by atoms with E-state index in [2.05, 4.69) is 15.2 Å². The molecule has 1 fully saturated rings. The van der Waals surface area contributed by atoms with Crippen molar-refractivity contribution in [2.24, 2.45) is 0 Å². The number of carbonyl (C=O) groups is 1. The number of nitrogens with two attached hydrogens (primary N) is 1. The zero-order chi connectivity index (χ0) is 17.9. The maximum atomic E-state index is 12.6. The zero-order valence-corrected chi connectivity index (χ0v) is 15.0. The second-order valence-electron chi connectivity index (χ2n) is 5.39. The summed E-state index contributed by atoms with van der Waals surface area (Å²) >= 11 is 1.19. The number of aromatic amines is 1. The second kappa shape index (κ2) is 7.42. The largest absolute Gasteiger partial charge is 0.368 e. The Bertz CT molecular complexity index is 831. The Hall–Kier alpha value is -2.11. The van der Waals surface area contributed by atoms with Crippen molar-refractivity contribution in [2.45, 2.75) is 10.1 Å². The third-order valence-corrected chi connectivity index (χ3v) is 6.52. The fourth-order valence-corrected chi connectivity index (χ4v) is 4.61. The number of aromatic nitrogens is 3. The van der Waals surface area contributed by atoms with Crippen molar-refractivity contribution in [3.8, 4) is 0 Å². The maximum absolute atomic E-state index is 12.6. The molecule has 3 rings (SSSR count). The molecule has 9 nitrogen and oxygen atoms in total. The fourth-order valence-electron chi connectivity index (χ4n) is 2.46. The molecule has 134 valence electrons. The molecular weight excluding hydrogens is 364 g/mol. The lowest BCUT2D eigenvalue weighted by atomic mass is 10.3. The molecule has 0 unspecified atom stereocenters. The number of anilines is 1. The average molecular weight is 382 g/mol. The molecule has 0 radical (unpaired) electrons. The van der Waals surface area contributed by atoms with Crippen LogP contribution in [0.4, 0.5) is 5.95 Å². The number of nitrogen functional groups attached to an aromatic ring is 1. The molecule has 3 N–H and O–H groups in total. The summed E-state index contributed by atoms with van der Waals surface area (Å²) in [6.07, 6.45) is 0. The molecule has 0 spiro atoms. The molecule has 0 atom stereocenters. The molecule has 1 saturated heterocycles. The van der Waals surface area contributed by atoms with E-state index < -0.39 is 10.0 Å². The zero-order valence-electron chi connectivity index (χ0n) is 13.3. The maximum Gasteiger partial charge on any atom is 0.243 e. The molecule has 0 bridgehead atoms. The van der Waals surface area contributed by atoms with Crippen molar-refractivity contribution in [2.75, 3.05) is 37.7 Å². The first-order valence-corrected chi connectivity index (χ1v) is 10.0. The van der Waals surface area contributed by atoms with Crippen LogP contribution in [0, 0.1) is 0 Å². The quantitative estimate of drug-likeness (QED) is 0.698. The van der Waals surface area contributed by atoms with Gasteiger partial charge in [-0.1, -0.05) is 30.0 Å². The van der Waals surface area contributed by atoms with E-state index >= 15 is 0 Å². The minimum Gasteiger partial charge on any atom is -0.368 e. The van der Waals surface area contributed by atoms with E-state index in [0.717, 1.165) is 0 Å². The van der Waals surface area contributed by atoms with Gasteiger partial charge in [0.15, 0.2) is 0 Å². The summed E-state index contributed by atoms with van der Waals surface area (Å²) < 4.78 is 26.5. The lowest BCUT2D eigenvalue weighted by Gasteiger charge is -2.33. The first-order chi connectivity index (χ1) is 12.0. The number of hydrogen-bond acceptors (Lipinski definition) is 7. The van der Waals surface area contributed by atoms with Crippen molar-refractivity contribution in [3.05, 3.63) is 30.3 Å². The molecule has 1 aromatic heterocycles. The second-order valence-corrected chi connectivity index (χ2v) is 8.27. The van der Waals surface area contributed by atoms with Gasteiger partial charge in [0.25, 0.3) is 0 Å². The van der Waals surface area contributed by atoms with E-state index in [9.17, 15) is 13.2 Å². The Morgan fingerprint density at radius 2 is 1.88 bits per heavy atom. The summed E-state index contributed by atoms with van der Waals surface area (Å²) in [7, 11) is -3.51. The van der Waals surface area contributed by atoms with Gasteiger partial charge in [-0.3, -0.25) is 4.79 Å². The van der Waals surface area contributed by atoms with E-state index in [0.29, 0.717) is 18.2 Å². The van der Waals surface area contributed by atoms with Gasteiger partial charge in [0.05, 0.1) is 10.6 Å². The number of rotatable bonds is 5. The van der Waals surface area contributed by atoms with Crippen LogP contribution in [0.3, 0.4) is 0 Å². The number of sulfonamides is 1. The van der Waals surface area contributed by atoms with E-state index in [1.54, 1.807) is 35.2 Å². The molecule has 0 aliphatic carbocycles. The number of piperazine rings is 1. The van der Waals surface area contributed by atoms with Gasteiger partial charge in [-0.15, -0.1) is 5.10 Å². The Morgan fingerprint density at radius 3 is 2.48 bits per heavy atom. The molecule has 1 amide bonds. The predicted octanol–water partition coefficient (Wildman–Crippen LogP) is 0.0121. The number of amides is 1. The van der Waals surface area contributed by atoms with Crippen LogP contribution in [-0.4, -0.2) is 70.6 Å². The molecule has 1 aliphatic rings. The van der Waals surface area contributed by atoms with Crippen LogP contribution >= 0.6 is 11.8 Å². The highest BCUT2D eigenvalue weighted by molar-refractivity contribution is 7.99. The monoisotopic (exact) mass is 382 g/mol. The number of thioether (sulfide) groups is 1. The Balaban J connectivity index is 1.54. The topological polar surface area (TPSA) is 125 Å². The van der Waals surface area contributed by atoms with Gasteiger partial charge in [0.2, 0.25) is 27.0 Å². The Labute approximate surface area is 149 Å². The van der Waals surface area contributed by atoms with E-state index in [1.165, 1.54) is 16.1 Å². The van der Waals surface area contributed by atoms with Crippen LogP contribution < -0.4 is 5.73 Å². The van der Waals surface area contributed by atoms with Gasteiger partial charge in [-0.05, 0) is 12.1 Å². The number of nitrogens with one attached hydrogen (secondary N) is 1. The van der Waals surface area contributed by atoms with Crippen LogP contribution in [0.25, 0.3) is 0 Å². The normalized spacial score (nSPS) is 16.1. The predicted molar refractivity (Wildman–Crippen MR) is 93.3 cm³/mol. The number of H-pyrrole nitrogens is 1. The molecule has 1 aromatic carbocycles. The highest BCUT2D eigenvalue weighted by Gasteiger charge is 2.29. The van der Waals surface area contributed by atoms with Crippen LogP contribution in [0.2, 0.25) is 0 Å². The summed E-state index contributed by atoms with van der Waals surface area (Å²) in [6, 6.07) is 8.31. The minimum absolute atomic E-state index is 0.0786. The highest BCUT2D eigenvalue weighted by atomic mass is 32.2. The van der Waals surface area contributed by atoms with Crippen LogP contribution in [0.15, 0.2) is 40.4 Å². The number of nitrogens with zero attached hydrogens (tertiary/aromatic N) is 4. The minimum atomic E-state index is -3.51. The van der Waals surface area contributed by atoms with Gasteiger partial charge < -0.3 is 10.6 Å². The smallest absolute Gasteiger partial charge is 0.243 e. The van der Waals surface area contributed by atoms with E-state index in [4.69, 9.17) is 5.73 Å². The summed E-state index contributed by atoms with van der Waals surface area (Å²) in [6.45, 7) is 1.28. The number of benzene rings is 1. The molecule has 2 heterocycles. The molecular formula is C14H18N6O3S2. The summed E-state index contributed by atoms with van der Waals surface area (Å²) in [5.41, 5.74) is 5.43. The molecule has 0 saturated carbocycles. The van der Waals surface area contributed by atoms with Crippen LogP contribution in [-0.2, 0) is 14.8 Å². The molecule has 11 heteroatoms. The standard InChI is InChI=1S/C14H18N6O3S2/c15-13-16-14(18-17-13)24-10-12(21)19-6-8-20(9-7-19)25(22,23)11-4-2-1-3-5-11/h1-5H,6-10H2,(H3,15,16,17,18). The lowest BCUT2D eigenvalue weighted by molar-refractivity contribution is -0.129. The van der Waals surface area contributed by atoms with Gasteiger partial charge in [-0.25, -0.2) is 13.5 Å². The molecule has 1 aliphatic heterocycles. The van der Waals surface area contributed by atoms with Crippen molar-refractivity contribution >= 4 is 33.6 Å². The SMILES string of the molecule is Nc1nc(SCC(=O)N2CCN(S(=O)(=O)c3ccccc3)CC2)n[nH]1. The first kappa shape index (κ1) is 17.7. The Morgan fingerprint density at radius 1 is 1.20 bits per heavy atom. The first-order valence-electron chi connectivity index (χ1n) is 7.60. The van der Waals surface area contributed by atoms with Crippen molar-refractivity contribution in [1.82, 2.24) is 24.4 Å². The van der Waals surface area contributed by atoms with Crippen LogP contribution in [0.5, 0.6) is 0 Å². The molecule has 25 heavy (non-hydrogen) atoms. The number of carbonyl (C=O) groups excluding carboxylic acids is 1. The van der Waals surface area contributed by atoms with Gasteiger partial charge in [0.1, 0.15) is 0 Å². The van der Waals surface area contributed by atoms with Crippen LogP contribution in [0.1, 0.15) is 0 Å². The number of hydrogen-bond donors (Lipinski definition) is 2. The van der Waals surface area contributed by atoms with Crippen molar-refractivity contribution < 1.29 is 13.2 Å². The van der Waals surface area contributed by atoms with Crippen molar-refractivity contribution in [1.29, 1.82) is 0 Å². The third-order valence-electron chi connectivity index (χ3n) is 3.78. The summed E-state index contributed by atoms with van der Waals surface area (Å²) in [5.74, 6) is 0.308. The van der Waals surface area contributed by atoms with Gasteiger partial charge >= 0.3 is 0 Å². The van der Waals surface area contributed by atoms with Gasteiger partial charge in [-0.2, -0.15) is 9.29 Å². The lowest BCUT2D eigenvalue weighted by Crippen LogP contribution is -2.50. The molecule has 2 aromatic rings. The van der Waals surface area contributed by atoms with Gasteiger partial charge in [0, 0.05) is 26.2 Å². The summed E-state index contributed by atoms with van der Waals surface area (Å²) in [5, 5.41) is 6.77. The Kier molecular flexibility index (Phi) is 5.25. The third kappa shape index (κ3) is 4.11. The highest BCUT2D eigenvalue weighted by Crippen LogP contribution is 2.18.